The number of aromatic nitrogens is 2. The van der Waals surface area contributed by atoms with Crippen molar-refractivity contribution in [3.63, 3.8) is 0 Å². The quantitative estimate of drug-likeness (QED) is 0.598. The highest BCUT2D eigenvalue weighted by molar-refractivity contribution is 14.1. The molecule has 14 heavy (non-hydrogen) atoms. The lowest BCUT2D eigenvalue weighted by atomic mass is 10.1. The molecule has 0 bridgehead atoms. The van der Waals surface area contributed by atoms with Crippen molar-refractivity contribution < 1.29 is 4.39 Å². The number of rotatable bonds is 1. The van der Waals surface area contributed by atoms with Crippen LogP contribution in [0.3, 0.4) is 0 Å². The van der Waals surface area contributed by atoms with Crippen molar-refractivity contribution in [1.29, 1.82) is 0 Å². The summed E-state index contributed by atoms with van der Waals surface area (Å²) in [6.45, 7) is 0. The molecular weight excluding hydrogens is 294 g/mol. The van der Waals surface area contributed by atoms with Crippen LogP contribution in [0.2, 0.25) is 0 Å². The average molecular weight is 300 g/mol. The first-order chi connectivity index (χ1) is 6.77. The molecule has 0 spiro atoms. The van der Waals surface area contributed by atoms with Gasteiger partial charge in [-0.05, 0) is 46.4 Å². The number of pyridine rings is 2. The van der Waals surface area contributed by atoms with Gasteiger partial charge in [-0.15, -0.1) is 0 Å². The van der Waals surface area contributed by atoms with Crippen molar-refractivity contribution in [1.82, 2.24) is 9.97 Å². The summed E-state index contributed by atoms with van der Waals surface area (Å²) in [5, 5.41) is 0. The number of nitrogens with zero attached hydrogens (tertiary/aromatic N) is 2. The molecule has 2 rings (SSSR count). The van der Waals surface area contributed by atoms with E-state index < -0.39 is 5.95 Å². The zero-order chi connectivity index (χ0) is 9.97. The zero-order valence-electron chi connectivity index (χ0n) is 7.11. The topological polar surface area (TPSA) is 25.8 Å². The van der Waals surface area contributed by atoms with Crippen molar-refractivity contribution in [3.05, 3.63) is 46.3 Å². The van der Waals surface area contributed by atoms with E-state index in [2.05, 4.69) is 9.97 Å². The Morgan fingerprint density at radius 1 is 1.14 bits per heavy atom. The van der Waals surface area contributed by atoms with Gasteiger partial charge < -0.3 is 0 Å². The summed E-state index contributed by atoms with van der Waals surface area (Å²) in [4.78, 5) is 7.57. The van der Waals surface area contributed by atoms with Gasteiger partial charge in [0.1, 0.15) is 0 Å². The van der Waals surface area contributed by atoms with Gasteiger partial charge in [0.25, 0.3) is 0 Å². The Balaban J connectivity index is 2.48. The van der Waals surface area contributed by atoms with Gasteiger partial charge in [0.05, 0.1) is 3.57 Å². The number of hydrogen-bond donors (Lipinski definition) is 0. The van der Waals surface area contributed by atoms with Crippen molar-refractivity contribution in [2.75, 3.05) is 0 Å². The van der Waals surface area contributed by atoms with E-state index in [1.54, 1.807) is 18.5 Å². The molecule has 2 heterocycles. The largest absolute Gasteiger partial charge is 0.265 e. The van der Waals surface area contributed by atoms with Crippen LogP contribution in [0.1, 0.15) is 0 Å². The predicted octanol–water partition coefficient (Wildman–Crippen LogP) is 2.89. The van der Waals surface area contributed by atoms with E-state index in [1.165, 1.54) is 6.20 Å². The second kappa shape index (κ2) is 4.00. The lowest BCUT2D eigenvalue weighted by Gasteiger charge is -2.01. The molecule has 2 aromatic rings. The molecular formula is C10H6FIN2. The van der Waals surface area contributed by atoms with Gasteiger partial charge in [0.15, 0.2) is 0 Å². The molecule has 0 fully saturated rings. The van der Waals surface area contributed by atoms with Gasteiger partial charge in [0, 0.05) is 24.2 Å². The molecule has 0 amide bonds. The molecule has 0 aliphatic rings. The van der Waals surface area contributed by atoms with Crippen LogP contribution in [-0.4, -0.2) is 9.97 Å². The summed E-state index contributed by atoms with van der Waals surface area (Å²) < 4.78 is 13.4. The monoisotopic (exact) mass is 300 g/mol. The van der Waals surface area contributed by atoms with Gasteiger partial charge in [-0.25, -0.2) is 4.98 Å². The normalized spacial score (nSPS) is 10.1. The molecule has 70 valence electrons. The fourth-order valence-corrected chi connectivity index (χ4v) is 1.60. The molecule has 4 heteroatoms. The molecule has 0 aromatic carbocycles. The van der Waals surface area contributed by atoms with Gasteiger partial charge in [-0.2, -0.15) is 4.39 Å². The Bertz CT molecular complexity index is 445. The fraction of sp³-hybridized carbons (Fsp3) is 0. The van der Waals surface area contributed by atoms with Crippen LogP contribution >= 0.6 is 22.6 Å². The highest BCUT2D eigenvalue weighted by Gasteiger charge is 2.02. The highest BCUT2D eigenvalue weighted by atomic mass is 127. The molecule has 0 radical (unpaired) electrons. The Labute approximate surface area is 94.4 Å². The SMILES string of the molecule is Fc1ncc(-c2ccncc2)cc1I. The summed E-state index contributed by atoms with van der Waals surface area (Å²) >= 11 is 1.92. The van der Waals surface area contributed by atoms with E-state index >= 15 is 0 Å². The highest BCUT2D eigenvalue weighted by Crippen LogP contribution is 2.20. The second-order valence-corrected chi connectivity index (χ2v) is 3.89. The van der Waals surface area contributed by atoms with Crippen molar-refractivity contribution >= 4 is 22.6 Å². The summed E-state index contributed by atoms with van der Waals surface area (Å²) in [6, 6.07) is 5.49. The zero-order valence-corrected chi connectivity index (χ0v) is 9.27. The van der Waals surface area contributed by atoms with Gasteiger partial charge >= 0.3 is 0 Å². The summed E-state index contributed by atoms with van der Waals surface area (Å²) in [5.74, 6) is -0.427. The van der Waals surface area contributed by atoms with Crippen LogP contribution < -0.4 is 0 Å². The van der Waals surface area contributed by atoms with Crippen molar-refractivity contribution in [2.45, 2.75) is 0 Å². The minimum absolute atomic E-state index is 0.427. The first-order valence-electron chi connectivity index (χ1n) is 3.99. The van der Waals surface area contributed by atoms with Crippen LogP contribution in [0, 0.1) is 9.52 Å². The Morgan fingerprint density at radius 3 is 2.50 bits per heavy atom. The van der Waals surface area contributed by atoms with Crippen molar-refractivity contribution in [2.24, 2.45) is 0 Å². The molecule has 0 saturated carbocycles. The molecule has 0 atom stereocenters. The lowest BCUT2D eigenvalue weighted by Crippen LogP contribution is -1.88. The van der Waals surface area contributed by atoms with Crippen LogP contribution in [0.5, 0.6) is 0 Å². The Morgan fingerprint density at radius 2 is 1.86 bits per heavy atom. The maximum atomic E-state index is 12.9. The first-order valence-corrected chi connectivity index (χ1v) is 5.06. The minimum Gasteiger partial charge on any atom is -0.265 e. The van der Waals surface area contributed by atoms with Gasteiger partial charge in [-0.1, -0.05) is 0 Å². The summed E-state index contributed by atoms with van der Waals surface area (Å²) in [7, 11) is 0. The molecule has 2 nitrogen and oxygen atoms in total. The van der Waals surface area contributed by atoms with E-state index in [-0.39, 0.29) is 0 Å². The Hall–Kier alpha value is -1.04. The van der Waals surface area contributed by atoms with Crippen LogP contribution in [0.4, 0.5) is 4.39 Å². The van der Waals surface area contributed by atoms with Gasteiger partial charge in [-0.3, -0.25) is 4.98 Å². The van der Waals surface area contributed by atoms with E-state index in [1.807, 2.05) is 34.7 Å². The standard InChI is InChI=1S/C10H6FIN2/c11-10-9(12)5-8(6-14-10)7-1-3-13-4-2-7/h1-6H. The van der Waals surface area contributed by atoms with Gasteiger partial charge in [0.2, 0.25) is 5.95 Å². The van der Waals surface area contributed by atoms with Crippen LogP contribution in [0.15, 0.2) is 36.8 Å². The van der Waals surface area contributed by atoms with Crippen LogP contribution in [0.25, 0.3) is 11.1 Å². The minimum atomic E-state index is -0.427. The maximum absolute atomic E-state index is 12.9. The molecule has 0 aliphatic carbocycles. The third-order valence-corrected chi connectivity index (χ3v) is 2.57. The molecule has 2 aromatic heterocycles. The van der Waals surface area contributed by atoms with E-state index in [4.69, 9.17) is 0 Å². The van der Waals surface area contributed by atoms with Crippen molar-refractivity contribution in [3.8, 4) is 11.1 Å². The lowest BCUT2D eigenvalue weighted by molar-refractivity contribution is 0.576. The number of halogens is 2. The van der Waals surface area contributed by atoms with Crippen LogP contribution in [-0.2, 0) is 0 Å². The first kappa shape index (κ1) is 9.51. The fourth-order valence-electron chi connectivity index (χ4n) is 1.12. The summed E-state index contributed by atoms with van der Waals surface area (Å²) in [6.07, 6.45) is 4.92. The molecule has 0 saturated heterocycles. The average Bonchev–Trinajstić information content (AvgIpc) is 2.23. The third-order valence-electron chi connectivity index (χ3n) is 1.81. The molecule has 0 unspecified atom stereocenters. The maximum Gasteiger partial charge on any atom is 0.226 e. The second-order valence-electron chi connectivity index (χ2n) is 2.73. The van der Waals surface area contributed by atoms with E-state index in [9.17, 15) is 4.39 Å². The third kappa shape index (κ3) is 1.89. The number of hydrogen-bond acceptors (Lipinski definition) is 2. The van der Waals surface area contributed by atoms with E-state index in [0.29, 0.717) is 3.57 Å². The summed E-state index contributed by atoms with van der Waals surface area (Å²) in [5.41, 5.74) is 1.89. The molecule has 0 aliphatic heterocycles. The molecule has 0 N–H and O–H groups in total. The smallest absolute Gasteiger partial charge is 0.226 e. The Kier molecular flexibility index (Phi) is 2.72. The predicted molar refractivity (Wildman–Crippen MR) is 60.1 cm³/mol. The van der Waals surface area contributed by atoms with E-state index in [0.717, 1.165) is 11.1 Å².